The molecule has 0 aromatic heterocycles. The highest BCUT2D eigenvalue weighted by Crippen LogP contribution is 2.49. The van der Waals surface area contributed by atoms with Gasteiger partial charge in [-0.05, 0) is 37.1 Å². The van der Waals surface area contributed by atoms with Crippen molar-refractivity contribution >= 4 is 86.5 Å². The summed E-state index contributed by atoms with van der Waals surface area (Å²) in [6.45, 7) is 6.37. The topological polar surface area (TPSA) is 26.0 Å². The lowest BCUT2D eigenvalue weighted by atomic mass is 10.1. The third-order valence-corrected chi connectivity index (χ3v) is 9.81. The van der Waals surface area contributed by atoms with Crippen LogP contribution in [0, 0.1) is 0 Å². The van der Waals surface area contributed by atoms with Crippen LogP contribution in [0.2, 0.25) is 15.1 Å². The number of halogens is 3. The third kappa shape index (κ3) is 5.76. The van der Waals surface area contributed by atoms with Gasteiger partial charge in [-0.3, -0.25) is 0 Å². The second-order valence-corrected chi connectivity index (χ2v) is 12.4. The Morgan fingerprint density at radius 1 is 1.08 bits per heavy atom. The van der Waals surface area contributed by atoms with Gasteiger partial charge >= 0.3 is 0 Å². The normalized spacial score (nSPS) is 13.8. The molecule has 0 saturated carbocycles. The van der Waals surface area contributed by atoms with Crippen LogP contribution in [0.1, 0.15) is 26.3 Å². The van der Waals surface area contributed by atoms with E-state index < -0.39 is 0 Å². The van der Waals surface area contributed by atoms with Crippen LogP contribution in [-0.2, 0) is 6.42 Å². The van der Waals surface area contributed by atoms with Crippen LogP contribution in [0.5, 0.6) is 0 Å². The summed E-state index contributed by atoms with van der Waals surface area (Å²) in [7, 11) is 1.46. The molecule has 2 rings (SSSR count). The molecule has 0 amide bonds. The number of nitrogens with two attached hydrogens (primary N) is 1. The van der Waals surface area contributed by atoms with E-state index in [9.17, 15) is 0 Å². The van der Waals surface area contributed by atoms with Gasteiger partial charge in [-0.15, -0.1) is 35.2 Å². The van der Waals surface area contributed by atoms with Crippen molar-refractivity contribution in [3.63, 3.8) is 0 Å². The van der Waals surface area contributed by atoms with Gasteiger partial charge in [0.05, 0.1) is 24.8 Å². The van der Waals surface area contributed by atoms with Gasteiger partial charge in [-0.1, -0.05) is 71.6 Å². The standard InChI is InChI=1S/C18H20Cl3NS4/c1-10(2)24-13-8-7-11(17(22)16(13)21)9-18(3,26-23)25-14-6-4-5-12(19)15(14)20/h4-8,10,23H,9,22H2,1-3H3. The van der Waals surface area contributed by atoms with Crippen LogP contribution in [0.25, 0.3) is 0 Å². The van der Waals surface area contributed by atoms with Crippen molar-refractivity contribution in [2.75, 3.05) is 5.73 Å². The van der Waals surface area contributed by atoms with Gasteiger partial charge in [-0.25, -0.2) is 0 Å². The maximum Gasteiger partial charge on any atom is 0.0774 e. The number of thiol groups is 1. The van der Waals surface area contributed by atoms with E-state index in [-0.39, 0.29) is 4.08 Å². The van der Waals surface area contributed by atoms with E-state index in [4.69, 9.17) is 40.5 Å². The Morgan fingerprint density at radius 2 is 1.77 bits per heavy atom. The Morgan fingerprint density at radius 3 is 2.38 bits per heavy atom. The maximum absolute atomic E-state index is 6.50. The van der Waals surface area contributed by atoms with Gasteiger partial charge in [0.25, 0.3) is 0 Å². The summed E-state index contributed by atoms with van der Waals surface area (Å²) in [6.07, 6.45) is 0.687. The predicted molar refractivity (Wildman–Crippen MR) is 128 cm³/mol. The molecule has 0 aliphatic rings. The van der Waals surface area contributed by atoms with Crippen LogP contribution in [0.3, 0.4) is 0 Å². The molecule has 8 heteroatoms. The fraction of sp³-hybridized carbons (Fsp3) is 0.333. The number of hydrogen-bond acceptors (Lipinski definition) is 5. The Labute approximate surface area is 188 Å². The fourth-order valence-corrected chi connectivity index (χ4v) is 6.21. The van der Waals surface area contributed by atoms with Crippen molar-refractivity contribution in [3.8, 4) is 0 Å². The van der Waals surface area contributed by atoms with E-state index in [0.29, 0.717) is 32.4 Å². The van der Waals surface area contributed by atoms with Crippen molar-refractivity contribution in [2.24, 2.45) is 0 Å². The van der Waals surface area contributed by atoms with E-state index in [2.05, 4.69) is 32.4 Å². The summed E-state index contributed by atoms with van der Waals surface area (Å²) in [5.74, 6) is 0. The minimum absolute atomic E-state index is 0.290. The lowest BCUT2D eigenvalue weighted by Gasteiger charge is -2.28. The molecule has 0 saturated heterocycles. The molecule has 0 aliphatic heterocycles. The Balaban J connectivity index is 2.29. The molecular weight excluding hydrogens is 465 g/mol. The molecule has 2 aromatic carbocycles. The third-order valence-electron chi connectivity index (χ3n) is 3.54. The molecule has 0 spiro atoms. The Bertz CT molecular complexity index is 785. The molecule has 1 nitrogen and oxygen atoms in total. The first kappa shape index (κ1) is 22.8. The number of benzene rings is 2. The molecule has 142 valence electrons. The van der Waals surface area contributed by atoms with Crippen LogP contribution in [0.4, 0.5) is 5.69 Å². The van der Waals surface area contributed by atoms with E-state index in [1.807, 2.05) is 24.3 Å². The van der Waals surface area contributed by atoms with Gasteiger partial charge < -0.3 is 5.73 Å². The highest BCUT2D eigenvalue weighted by atomic mass is 35.5. The zero-order valence-corrected chi connectivity index (χ0v) is 20.2. The van der Waals surface area contributed by atoms with Crippen LogP contribution in [-0.4, -0.2) is 9.33 Å². The first-order valence-electron chi connectivity index (χ1n) is 7.86. The Kier molecular flexibility index (Phi) is 8.61. The summed E-state index contributed by atoms with van der Waals surface area (Å²) < 4.78 is -0.290. The first-order chi connectivity index (χ1) is 12.2. The molecule has 0 radical (unpaired) electrons. The summed E-state index contributed by atoms with van der Waals surface area (Å²) >= 11 is 26.8. The number of thioether (sulfide) groups is 2. The zero-order valence-electron chi connectivity index (χ0n) is 14.6. The van der Waals surface area contributed by atoms with Crippen molar-refractivity contribution in [3.05, 3.63) is 51.0 Å². The quantitative estimate of drug-likeness (QED) is 0.136. The summed E-state index contributed by atoms with van der Waals surface area (Å²) in [5, 5.41) is 2.17. The lowest BCUT2D eigenvalue weighted by Crippen LogP contribution is -2.18. The van der Waals surface area contributed by atoms with E-state index >= 15 is 0 Å². The number of rotatable bonds is 7. The van der Waals surface area contributed by atoms with E-state index in [1.165, 1.54) is 10.8 Å². The smallest absolute Gasteiger partial charge is 0.0774 e. The van der Waals surface area contributed by atoms with Crippen molar-refractivity contribution < 1.29 is 0 Å². The largest absolute Gasteiger partial charge is 0.397 e. The summed E-state index contributed by atoms with van der Waals surface area (Å²) in [6, 6.07) is 9.72. The van der Waals surface area contributed by atoms with Crippen LogP contribution >= 0.6 is 80.8 Å². The van der Waals surface area contributed by atoms with Gasteiger partial charge in [0.1, 0.15) is 0 Å². The zero-order chi connectivity index (χ0) is 19.5. The molecule has 2 aromatic rings. The molecule has 2 N–H and O–H groups in total. The minimum Gasteiger partial charge on any atom is -0.397 e. The highest BCUT2D eigenvalue weighted by molar-refractivity contribution is 8.71. The first-order valence-corrected chi connectivity index (χ1v) is 12.6. The monoisotopic (exact) mass is 483 g/mol. The lowest BCUT2D eigenvalue weighted by molar-refractivity contribution is 0.886. The second kappa shape index (κ2) is 9.82. The average Bonchev–Trinajstić information content (AvgIpc) is 2.58. The predicted octanol–water partition coefficient (Wildman–Crippen LogP) is 8.36. The van der Waals surface area contributed by atoms with Crippen LogP contribution in [0.15, 0.2) is 40.1 Å². The van der Waals surface area contributed by atoms with E-state index in [0.717, 1.165) is 15.4 Å². The van der Waals surface area contributed by atoms with Crippen molar-refractivity contribution in [1.29, 1.82) is 0 Å². The Hall–Kier alpha value is 0.510. The van der Waals surface area contributed by atoms with E-state index in [1.54, 1.807) is 29.6 Å². The number of hydrogen-bond donors (Lipinski definition) is 2. The molecule has 0 aliphatic carbocycles. The average molecular weight is 485 g/mol. The molecule has 0 fully saturated rings. The molecule has 26 heavy (non-hydrogen) atoms. The number of nitrogen functional groups attached to an aromatic ring is 1. The minimum atomic E-state index is -0.290. The maximum atomic E-state index is 6.50. The van der Waals surface area contributed by atoms with Crippen LogP contribution < -0.4 is 5.73 Å². The summed E-state index contributed by atoms with van der Waals surface area (Å²) in [4.78, 5) is 1.92. The van der Waals surface area contributed by atoms with Crippen molar-refractivity contribution in [1.82, 2.24) is 0 Å². The van der Waals surface area contributed by atoms with Crippen molar-refractivity contribution in [2.45, 2.75) is 46.3 Å². The summed E-state index contributed by atoms with van der Waals surface area (Å²) in [5.41, 5.74) is 7.96. The van der Waals surface area contributed by atoms with Gasteiger partial charge in [-0.2, -0.15) is 0 Å². The highest BCUT2D eigenvalue weighted by Gasteiger charge is 2.29. The molecular formula is C18H20Cl3NS4. The van der Waals surface area contributed by atoms with Gasteiger partial charge in [0.15, 0.2) is 0 Å². The molecule has 1 atom stereocenters. The molecule has 0 bridgehead atoms. The molecule has 0 heterocycles. The number of anilines is 1. The van der Waals surface area contributed by atoms with Gasteiger partial charge in [0.2, 0.25) is 0 Å². The second-order valence-electron chi connectivity index (χ2n) is 6.17. The molecule has 1 unspecified atom stereocenters. The fourth-order valence-electron chi connectivity index (χ4n) is 2.34. The van der Waals surface area contributed by atoms with Gasteiger partial charge in [0, 0.05) is 15.0 Å². The SMILES string of the molecule is CC(C)Sc1ccc(CC(C)(SS)Sc2cccc(Cl)c2Cl)c(N)c1Cl.